The molecule has 0 rings (SSSR count). The zero-order valence-electron chi connectivity index (χ0n) is 14.9. The summed E-state index contributed by atoms with van der Waals surface area (Å²) >= 11 is 3.87. The lowest BCUT2D eigenvalue weighted by Gasteiger charge is -2.16. The molecule has 0 spiro atoms. The molecule has 3 atom stereocenters. The molecule has 0 saturated carbocycles. The lowest BCUT2D eigenvalue weighted by atomic mass is 10.1. The molecule has 0 bridgehead atoms. The van der Waals surface area contributed by atoms with Crippen LogP contribution in [0.4, 0.5) is 0 Å². The third-order valence-corrected chi connectivity index (χ3v) is 3.37. The van der Waals surface area contributed by atoms with Gasteiger partial charge in [-0.25, -0.2) is 0 Å². The van der Waals surface area contributed by atoms with Gasteiger partial charge >= 0.3 is 17.9 Å². The minimum atomic E-state index is -1.22. The van der Waals surface area contributed by atoms with Crippen molar-refractivity contribution in [2.75, 3.05) is 18.9 Å². The van der Waals surface area contributed by atoms with Gasteiger partial charge in [0, 0.05) is 18.8 Å². The molecule has 0 aromatic rings. The molecule has 0 saturated heterocycles. The SMILES string of the molecule is N[C@@H](CCC(=O)N[C@@H](CS)C(=O)NCC(=O)O)C(=O)O.N[C@@H](CCO)C(=O)O. The second-order valence-electron chi connectivity index (χ2n) is 5.35. The van der Waals surface area contributed by atoms with Crippen LogP contribution >= 0.6 is 12.6 Å². The van der Waals surface area contributed by atoms with E-state index in [1.807, 2.05) is 0 Å². The van der Waals surface area contributed by atoms with Gasteiger partial charge in [0.15, 0.2) is 0 Å². The molecule has 0 radical (unpaired) electrons. The minimum absolute atomic E-state index is 0.0256. The number of thiol groups is 1. The summed E-state index contributed by atoms with van der Waals surface area (Å²) in [4.78, 5) is 53.6. The van der Waals surface area contributed by atoms with E-state index in [1.165, 1.54) is 0 Å². The molecule has 162 valence electrons. The number of carbonyl (C=O) groups is 5. The third kappa shape index (κ3) is 14.7. The maximum absolute atomic E-state index is 11.5. The fourth-order valence-electron chi connectivity index (χ4n) is 1.42. The zero-order valence-corrected chi connectivity index (χ0v) is 15.8. The average Bonchev–Trinajstić information content (AvgIpc) is 2.62. The summed E-state index contributed by atoms with van der Waals surface area (Å²) in [7, 11) is 0. The van der Waals surface area contributed by atoms with E-state index in [4.69, 9.17) is 31.9 Å². The number of carboxylic acid groups (broad SMARTS) is 3. The first-order valence-corrected chi connectivity index (χ1v) is 8.56. The predicted octanol–water partition coefficient (Wildman–Crippen LogP) is -3.43. The predicted molar refractivity (Wildman–Crippen MR) is 98.6 cm³/mol. The molecule has 0 aliphatic rings. The van der Waals surface area contributed by atoms with E-state index in [0.29, 0.717) is 0 Å². The Morgan fingerprint density at radius 1 is 0.929 bits per heavy atom. The Kier molecular flexibility index (Phi) is 15.5. The van der Waals surface area contributed by atoms with Crippen molar-refractivity contribution in [3.05, 3.63) is 0 Å². The van der Waals surface area contributed by atoms with Crippen LogP contribution < -0.4 is 22.1 Å². The van der Waals surface area contributed by atoms with Gasteiger partial charge < -0.3 is 42.5 Å². The number of amides is 2. The molecule has 2 amide bonds. The van der Waals surface area contributed by atoms with Gasteiger partial charge in [-0.1, -0.05) is 0 Å². The summed E-state index contributed by atoms with van der Waals surface area (Å²) in [5.74, 6) is -4.77. The van der Waals surface area contributed by atoms with Crippen molar-refractivity contribution in [3.63, 3.8) is 0 Å². The van der Waals surface area contributed by atoms with Crippen molar-refractivity contribution in [1.29, 1.82) is 0 Å². The lowest BCUT2D eigenvalue weighted by Crippen LogP contribution is -2.49. The highest BCUT2D eigenvalue weighted by atomic mass is 32.1. The van der Waals surface area contributed by atoms with Crippen LogP contribution in [0.25, 0.3) is 0 Å². The molecule has 10 N–H and O–H groups in total. The fourth-order valence-corrected chi connectivity index (χ4v) is 1.68. The van der Waals surface area contributed by atoms with Gasteiger partial charge in [0.25, 0.3) is 0 Å². The number of carbonyl (C=O) groups excluding carboxylic acids is 2. The summed E-state index contributed by atoms with van der Waals surface area (Å²) in [5.41, 5.74) is 10.2. The van der Waals surface area contributed by atoms with Crippen LogP contribution in [0.1, 0.15) is 19.3 Å². The molecule has 0 aliphatic carbocycles. The van der Waals surface area contributed by atoms with Crippen LogP contribution in [0, 0.1) is 0 Å². The Morgan fingerprint density at radius 2 is 1.43 bits per heavy atom. The Balaban J connectivity index is 0. The number of hydrogen-bond donors (Lipinski definition) is 9. The van der Waals surface area contributed by atoms with Gasteiger partial charge in [0.05, 0.1) is 0 Å². The molecule has 28 heavy (non-hydrogen) atoms. The van der Waals surface area contributed by atoms with Crippen molar-refractivity contribution in [1.82, 2.24) is 10.6 Å². The van der Waals surface area contributed by atoms with Crippen LogP contribution in [-0.4, -0.2) is 87.2 Å². The molecule has 0 unspecified atom stereocenters. The van der Waals surface area contributed by atoms with Crippen LogP contribution in [-0.2, 0) is 24.0 Å². The third-order valence-electron chi connectivity index (χ3n) is 3.01. The highest BCUT2D eigenvalue weighted by Gasteiger charge is 2.20. The molecular weight excluding hydrogens is 400 g/mol. The maximum atomic E-state index is 11.5. The Bertz CT molecular complexity index is 547. The van der Waals surface area contributed by atoms with Crippen LogP contribution in [0.15, 0.2) is 0 Å². The molecule has 0 aromatic carbocycles. The number of aliphatic carboxylic acids is 3. The van der Waals surface area contributed by atoms with Crippen molar-refractivity contribution in [3.8, 4) is 0 Å². The highest BCUT2D eigenvalue weighted by molar-refractivity contribution is 7.80. The van der Waals surface area contributed by atoms with E-state index in [0.717, 1.165) is 0 Å². The second-order valence-corrected chi connectivity index (χ2v) is 5.72. The Morgan fingerprint density at radius 3 is 1.79 bits per heavy atom. The van der Waals surface area contributed by atoms with Crippen LogP contribution in [0.5, 0.6) is 0 Å². The first-order valence-electron chi connectivity index (χ1n) is 7.93. The zero-order chi connectivity index (χ0) is 22.3. The largest absolute Gasteiger partial charge is 0.480 e. The number of carboxylic acids is 3. The van der Waals surface area contributed by atoms with E-state index in [-0.39, 0.29) is 31.6 Å². The average molecular weight is 426 g/mol. The van der Waals surface area contributed by atoms with Gasteiger partial charge in [-0.2, -0.15) is 12.6 Å². The van der Waals surface area contributed by atoms with E-state index >= 15 is 0 Å². The molecule has 0 aliphatic heterocycles. The summed E-state index contributed by atoms with van der Waals surface area (Å²) in [6.07, 6.45) is -0.115. The van der Waals surface area contributed by atoms with Gasteiger partial charge in [0.1, 0.15) is 24.7 Å². The summed E-state index contributed by atoms with van der Waals surface area (Å²) in [6, 6.07) is -3.07. The number of nitrogens with one attached hydrogen (secondary N) is 2. The van der Waals surface area contributed by atoms with Crippen LogP contribution in [0.2, 0.25) is 0 Å². The van der Waals surface area contributed by atoms with Crippen molar-refractivity contribution < 1.29 is 44.4 Å². The monoisotopic (exact) mass is 426 g/mol. The number of aliphatic hydroxyl groups excluding tert-OH is 1. The molecule has 13 nitrogen and oxygen atoms in total. The highest BCUT2D eigenvalue weighted by Crippen LogP contribution is 1.97. The van der Waals surface area contributed by atoms with Crippen molar-refractivity contribution in [2.24, 2.45) is 11.5 Å². The van der Waals surface area contributed by atoms with E-state index < -0.39 is 54.4 Å². The second kappa shape index (κ2) is 15.6. The number of hydrogen-bond acceptors (Lipinski definition) is 9. The molecule has 0 heterocycles. The Labute approximate surface area is 165 Å². The summed E-state index contributed by atoms with van der Waals surface area (Å²) < 4.78 is 0. The summed E-state index contributed by atoms with van der Waals surface area (Å²) in [6.45, 7) is -0.740. The fraction of sp³-hybridized carbons (Fsp3) is 0.643. The van der Waals surface area contributed by atoms with Crippen LogP contribution in [0.3, 0.4) is 0 Å². The lowest BCUT2D eigenvalue weighted by molar-refractivity contribution is -0.139. The number of nitrogens with two attached hydrogens (primary N) is 2. The molecular formula is C14H26N4O9S. The van der Waals surface area contributed by atoms with Gasteiger partial charge in [0.2, 0.25) is 11.8 Å². The Hall–Kier alpha value is -2.42. The molecule has 0 fully saturated rings. The van der Waals surface area contributed by atoms with Crippen molar-refractivity contribution >= 4 is 42.4 Å². The van der Waals surface area contributed by atoms with E-state index in [1.54, 1.807) is 0 Å². The van der Waals surface area contributed by atoms with E-state index in [2.05, 4.69) is 23.3 Å². The smallest absolute Gasteiger partial charge is 0.322 e. The first-order chi connectivity index (χ1) is 13.0. The quantitative estimate of drug-likeness (QED) is 0.139. The van der Waals surface area contributed by atoms with Gasteiger partial charge in [-0.05, 0) is 12.8 Å². The minimum Gasteiger partial charge on any atom is -0.480 e. The molecule has 14 heteroatoms. The molecule has 0 aromatic heterocycles. The number of rotatable bonds is 12. The maximum Gasteiger partial charge on any atom is 0.322 e. The number of aliphatic hydroxyl groups is 1. The normalized spacial score (nSPS) is 13.1. The van der Waals surface area contributed by atoms with Crippen molar-refractivity contribution in [2.45, 2.75) is 37.4 Å². The van der Waals surface area contributed by atoms with Gasteiger partial charge in [-0.15, -0.1) is 0 Å². The topological polar surface area (TPSA) is 242 Å². The standard InChI is InChI=1S/C10H17N3O6S.C4H9NO3/c11-5(10(18)19)1-2-7(14)13-6(4-20)9(17)12-3-8(15)16;5-3(1-2-6)4(7)8/h5-6,20H,1-4,11H2,(H,12,17)(H,13,14)(H,15,16)(H,18,19);3,6H,1-2,5H2,(H,7,8)/t5-,6-;3-/m00/s1. The van der Waals surface area contributed by atoms with E-state index in [9.17, 15) is 24.0 Å². The van der Waals surface area contributed by atoms with Gasteiger partial charge in [-0.3, -0.25) is 24.0 Å². The summed E-state index contributed by atoms with van der Waals surface area (Å²) in [5, 5.41) is 37.6. The first kappa shape index (κ1) is 27.8.